The molecule has 0 unspecified atom stereocenters. The molecule has 1 aliphatic carbocycles. The highest BCUT2D eigenvalue weighted by molar-refractivity contribution is 5.89. The van der Waals surface area contributed by atoms with Crippen molar-refractivity contribution in [3.63, 3.8) is 0 Å². The first-order valence-electron chi connectivity index (χ1n) is 9.72. The van der Waals surface area contributed by atoms with Crippen molar-refractivity contribution >= 4 is 11.9 Å². The van der Waals surface area contributed by atoms with Gasteiger partial charge in [0, 0.05) is 12.5 Å². The van der Waals surface area contributed by atoms with Gasteiger partial charge in [-0.05, 0) is 70.8 Å². The van der Waals surface area contributed by atoms with E-state index >= 15 is 0 Å². The number of ether oxygens (including phenoxy) is 2. The zero-order valence-electron chi connectivity index (χ0n) is 16.9. The van der Waals surface area contributed by atoms with Crippen LogP contribution in [0.1, 0.15) is 66.2 Å². The van der Waals surface area contributed by atoms with Gasteiger partial charge in [0.25, 0.3) is 0 Å². The number of esters is 2. The van der Waals surface area contributed by atoms with E-state index in [9.17, 15) is 14.7 Å². The molecule has 5 heteroatoms. The number of aliphatic hydroxyl groups excluding tert-OH is 1. The van der Waals surface area contributed by atoms with Crippen LogP contribution < -0.4 is 0 Å². The molecule has 1 aliphatic heterocycles. The number of fused-ring (bicyclic) bond motifs is 3. The van der Waals surface area contributed by atoms with Crippen molar-refractivity contribution in [3.05, 3.63) is 35.5 Å². The smallest absolute Gasteiger partial charge is 0.334 e. The molecule has 0 aromatic rings. The minimum atomic E-state index is -0.902. The standard InChI is InChI=1S/C22H32O5/c1-14-7-6-8-15(2)19(24)13-18-11-12-22(5,27-21(25)16(18)3)20(10-9-14)26-17(4)23/h7-8,18-20,24H,3,6,9-13H2,1-2,4-5H3/b14-7-,15-8-/t18-,19-,20+,22-/m1/s1. The van der Waals surface area contributed by atoms with E-state index in [-0.39, 0.29) is 11.9 Å². The average Bonchev–Trinajstić information content (AvgIpc) is 2.69. The third-order valence-corrected chi connectivity index (χ3v) is 5.80. The summed E-state index contributed by atoms with van der Waals surface area (Å²) >= 11 is 0. The van der Waals surface area contributed by atoms with Gasteiger partial charge in [0.1, 0.15) is 11.7 Å². The molecular weight excluding hydrogens is 344 g/mol. The highest BCUT2D eigenvalue weighted by Crippen LogP contribution is 2.38. The molecule has 0 radical (unpaired) electrons. The molecule has 2 rings (SSSR count). The summed E-state index contributed by atoms with van der Waals surface area (Å²) in [5.41, 5.74) is 1.56. The van der Waals surface area contributed by atoms with E-state index in [1.807, 2.05) is 26.8 Å². The topological polar surface area (TPSA) is 72.8 Å². The van der Waals surface area contributed by atoms with Gasteiger partial charge in [0.2, 0.25) is 0 Å². The maximum Gasteiger partial charge on any atom is 0.334 e. The minimum Gasteiger partial charge on any atom is -0.458 e. The predicted octanol–water partition coefficient (Wildman–Crippen LogP) is 4.01. The molecule has 1 saturated heterocycles. The van der Waals surface area contributed by atoms with Gasteiger partial charge >= 0.3 is 11.9 Å². The van der Waals surface area contributed by atoms with Gasteiger partial charge in [-0.25, -0.2) is 4.79 Å². The van der Waals surface area contributed by atoms with E-state index in [0.29, 0.717) is 31.3 Å². The lowest BCUT2D eigenvalue weighted by atomic mass is 9.83. The third-order valence-electron chi connectivity index (χ3n) is 5.80. The predicted molar refractivity (Wildman–Crippen MR) is 104 cm³/mol. The summed E-state index contributed by atoms with van der Waals surface area (Å²) in [6.45, 7) is 11.1. The van der Waals surface area contributed by atoms with Crippen LogP contribution in [0.3, 0.4) is 0 Å². The molecule has 0 aromatic carbocycles. The second-order valence-electron chi connectivity index (χ2n) is 8.09. The Labute approximate surface area is 162 Å². The van der Waals surface area contributed by atoms with E-state index < -0.39 is 23.8 Å². The van der Waals surface area contributed by atoms with Crippen LogP contribution in [0, 0.1) is 5.92 Å². The van der Waals surface area contributed by atoms with E-state index in [4.69, 9.17) is 9.47 Å². The van der Waals surface area contributed by atoms with Crippen LogP contribution in [0.2, 0.25) is 0 Å². The second-order valence-corrected chi connectivity index (χ2v) is 8.09. The third kappa shape index (κ3) is 5.55. The van der Waals surface area contributed by atoms with Crippen LogP contribution in [0.15, 0.2) is 35.5 Å². The minimum absolute atomic E-state index is 0.157. The van der Waals surface area contributed by atoms with Crippen LogP contribution in [-0.2, 0) is 19.1 Å². The molecule has 2 bridgehead atoms. The molecule has 0 amide bonds. The summed E-state index contributed by atoms with van der Waals surface area (Å²) in [5, 5.41) is 10.6. The number of aliphatic hydroxyl groups is 1. The normalized spacial score (nSPS) is 37.1. The van der Waals surface area contributed by atoms with Crippen molar-refractivity contribution in [2.24, 2.45) is 5.92 Å². The Bertz CT molecular complexity index is 660. The van der Waals surface area contributed by atoms with Gasteiger partial charge < -0.3 is 14.6 Å². The van der Waals surface area contributed by atoms with Crippen LogP contribution in [0.5, 0.6) is 0 Å². The van der Waals surface area contributed by atoms with E-state index in [0.717, 1.165) is 18.4 Å². The lowest BCUT2D eigenvalue weighted by Gasteiger charge is -2.35. The number of carbonyl (C=O) groups is 2. The molecule has 1 fully saturated rings. The van der Waals surface area contributed by atoms with Crippen molar-refractivity contribution in [1.29, 1.82) is 0 Å². The quantitative estimate of drug-likeness (QED) is 0.425. The van der Waals surface area contributed by atoms with E-state index in [1.54, 1.807) is 0 Å². The molecule has 1 N–H and O–H groups in total. The largest absolute Gasteiger partial charge is 0.458 e. The first-order chi connectivity index (χ1) is 12.6. The number of rotatable bonds is 1. The number of allylic oxidation sites excluding steroid dienone is 3. The van der Waals surface area contributed by atoms with Gasteiger partial charge in [-0.3, -0.25) is 4.79 Å². The Morgan fingerprint density at radius 3 is 2.70 bits per heavy atom. The molecular formula is C22H32O5. The molecule has 2 aliphatic rings. The maximum absolute atomic E-state index is 12.6. The SMILES string of the molecule is C=C1C(=O)O[C@]2(C)CC[C@@H]1C[C@@H](O)/C(C)=C\C/C=C(/C)CC[C@@H]2OC(C)=O. The summed E-state index contributed by atoms with van der Waals surface area (Å²) in [7, 11) is 0. The highest BCUT2D eigenvalue weighted by atomic mass is 16.6. The van der Waals surface area contributed by atoms with Crippen LogP contribution >= 0.6 is 0 Å². The second kappa shape index (κ2) is 8.87. The zero-order valence-corrected chi connectivity index (χ0v) is 16.9. The van der Waals surface area contributed by atoms with E-state index in [1.165, 1.54) is 12.5 Å². The van der Waals surface area contributed by atoms with Gasteiger partial charge in [0.15, 0.2) is 0 Å². The molecule has 0 spiro atoms. The first kappa shape index (κ1) is 21.4. The van der Waals surface area contributed by atoms with Gasteiger partial charge in [-0.15, -0.1) is 0 Å². The molecule has 150 valence electrons. The van der Waals surface area contributed by atoms with Crippen molar-refractivity contribution in [3.8, 4) is 0 Å². The van der Waals surface area contributed by atoms with Crippen molar-refractivity contribution < 1.29 is 24.2 Å². The van der Waals surface area contributed by atoms with Crippen LogP contribution in [0.25, 0.3) is 0 Å². The van der Waals surface area contributed by atoms with Crippen LogP contribution in [0.4, 0.5) is 0 Å². The number of carbonyl (C=O) groups excluding carboxylic acids is 2. The summed E-state index contributed by atoms with van der Waals surface area (Å²) < 4.78 is 11.4. The molecule has 5 nitrogen and oxygen atoms in total. The van der Waals surface area contributed by atoms with Crippen molar-refractivity contribution in [2.75, 3.05) is 0 Å². The monoisotopic (exact) mass is 376 g/mol. The van der Waals surface area contributed by atoms with Gasteiger partial charge in [-0.2, -0.15) is 0 Å². The average molecular weight is 376 g/mol. The first-order valence-corrected chi connectivity index (χ1v) is 9.72. The van der Waals surface area contributed by atoms with E-state index in [2.05, 4.69) is 12.7 Å². The summed E-state index contributed by atoms with van der Waals surface area (Å²) in [6.07, 6.45) is 6.72. The van der Waals surface area contributed by atoms with Gasteiger partial charge in [0.05, 0.1) is 6.10 Å². The molecule has 0 aromatic heterocycles. The Kier molecular flexibility index (Phi) is 7.04. The molecule has 4 atom stereocenters. The number of hydrogen-bond acceptors (Lipinski definition) is 5. The fourth-order valence-corrected chi connectivity index (χ4v) is 3.80. The Hall–Kier alpha value is -1.88. The fourth-order valence-electron chi connectivity index (χ4n) is 3.80. The lowest BCUT2D eigenvalue weighted by molar-refractivity contribution is -0.180. The molecule has 0 saturated carbocycles. The van der Waals surface area contributed by atoms with Crippen molar-refractivity contribution in [1.82, 2.24) is 0 Å². The lowest BCUT2D eigenvalue weighted by Crippen LogP contribution is -2.45. The Morgan fingerprint density at radius 2 is 2.04 bits per heavy atom. The molecule has 1 heterocycles. The van der Waals surface area contributed by atoms with Crippen LogP contribution in [-0.4, -0.2) is 34.9 Å². The number of hydrogen-bond donors (Lipinski definition) is 1. The van der Waals surface area contributed by atoms with Gasteiger partial charge in [-0.1, -0.05) is 24.3 Å². The van der Waals surface area contributed by atoms with Crippen molar-refractivity contribution in [2.45, 2.75) is 84.0 Å². The zero-order chi connectivity index (χ0) is 20.2. The summed E-state index contributed by atoms with van der Waals surface area (Å²) in [6, 6.07) is 0. The maximum atomic E-state index is 12.6. The summed E-state index contributed by atoms with van der Waals surface area (Å²) in [4.78, 5) is 24.3. The highest BCUT2D eigenvalue weighted by Gasteiger charge is 2.44. The Balaban J connectivity index is 2.40. The molecule has 27 heavy (non-hydrogen) atoms. The fraction of sp³-hybridized carbons (Fsp3) is 0.636. The summed E-state index contributed by atoms with van der Waals surface area (Å²) in [5.74, 6) is -1.00. The Morgan fingerprint density at radius 1 is 1.33 bits per heavy atom.